The summed E-state index contributed by atoms with van der Waals surface area (Å²) in [5.41, 5.74) is 2.41. The minimum Gasteiger partial charge on any atom is -0.300 e. The quantitative estimate of drug-likeness (QED) is 0.644. The first-order valence-electron chi connectivity index (χ1n) is 3.22. The lowest BCUT2D eigenvalue weighted by molar-refractivity contribution is -0.111. The van der Waals surface area contributed by atoms with Gasteiger partial charge in [0, 0.05) is 13.3 Å². The summed E-state index contributed by atoms with van der Waals surface area (Å²) in [7, 11) is 0. The van der Waals surface area contributed by atoms with Crippen LogP contribution in [0.15, 0.2) is 5.10 Å². The van der Waals surface area contributed by atoms with Crippen LogP contribution in [0.5, 0.6) is 0 Å². The van der Waals surface area contributed by atoms with E-state index in [0.717, 1.165) is 0 Å². The number of hydrogen-bond donors (Lipinski definition) is 1. The average Bonchev–Trinajstić information content (AvgIpc) is 2.33. The number of carbonyl (C=O) groups excluding carboxylic acids is 1. The van der Waals surface area contributed by atoms with Crippen LogP contribution in [0, 0.1) is 0 Å². The number of hydrazone groups is 1. The van der Waals surface area contributed by atoms with E-state index < -0.39 is 12.5 Å². The Balaban J connectivity index is 2.49. The Bertz CT molecular complexity index is 203. The van der Waals surface area contributed by atoms with Gasteiger partial charge in [-0.05, 0) is 0 Å². The van der Waals surface area contributed by atoms with Gasteiger partial charge >= 0.3 is 0 Å². The first-order chi connectivity index (χ1) is 5.11. The minimum absolute atomic E-state index is 0.0347. The fraction of sp³-hybridized carbons (Fsp3) is 0.667. The van der Waals surface area contributed by atoms with Gasteiger partial charge in [0.15, 0.2) is 5.78 Å². The van der Waals surface area contributed by atoms with Crippen LogP contribution >= 0.6 is 0 Å². The zero-order valence-electron chi connectivity index (χ0n) is 5.97. The van der Waals surface area contributed by atoms with Gasteiger partial charge in [-0.15, -0.1) is 0 Å². The molecule has 0 bridgehead atoms. The molecule has 0 unspecified atom stereocenters. The monoisotopic (exact) mass is 162 g/mol. The fourth-order valence-corrected chi connectivity index (χ4v) is 0.828. The molecule has 0 saturated heterocycles. The summed E-state index contributed by atoms with van der Waals surface area (Å²) in [5, 5.41) is 3.48. The molecule has 11 heavy (non-hydrogen) atoms. The summed E-state index contributed by atoms with van der Waals surface area (Å²) >= 11 is 0. The predicted octanol–water partition coefficient (Wildman–Crippen LogP) is 0.558. The van der Waals surface area contributed by atoms with Crippen molar-refractivity contribution >= 4 is 11.5 Å². The van der Waals surface area contributed by atoms with E-state index in [2.05, 4.69) is 10.5 Å². The highest BCUT2D eigenvalue weighted by molar-refractivity contribution is 6.39. The number of Topliss-reactive ketones (excluding diaryl/α,β-unsaturated/α-hetero) is 1. The predicted molar refractivity (Wildman–Crippen MR) is 35.7 cm³/mol. The molecule has 1 aliphatic rings. The van der Waals surface area contributed by atoms with E-state index in [4.69, 9.17) is 0 Å². The largest absolute Gasteiger partial charge is 0.300 e. The average molecular weight is 162 g/mol. The third-order valence-electron chi connectivity index (χ3n) is 1.49. The molecule has 1 aliphatic heterocycles. The van der Waals surface area contributed by atoms with Crippen molar-refractivity contribution in [2.75, 3.05) is 0 Å². The Morgan fingerprint density at radius 2 is 2.45 bits per heavy atom. The molecule has 5 heteroatoms. The Morgan fingerprint density at radius 3 is 2.73 bits per heavy atom. The summed E-state index contributed by atoms with van der Waals surface area (Å²) in [6.07, 6.45) is -2.43. The number of hydrogen-bond acceptors (Lipinski definition) is 3. The van der Waals surface area contributed by atoms with E-state index in [1.165, 1.54) is 6.92 Å². The number of halogens is 2. The first-order valence-corrected chi connectivity index (χ1v) is 3.22. The van der Waals surface area contributed by atoms with Crippen molar-refractivity contribution in [1.82, 2.24) is 5.43 Å². The molecule has 0 aromatic rings. The molecular weight excluding hydrogens is 154 g/mol. The van der Waals surface area contributed by atoms with E-state index in [-0.39, 0.29) is 17.9 Å². The molecule has 0 radical (unpaired) electrons. The highest BCUT2D eigenvalue weighted by Gasteiger charge is 2.28. The van der Waals surface area contributed by atoms with Gasteiger partial charge in [0.2, 0.25) is 0 Å². The number of alkyl halides is 2. The third-order valence-corrected chi connectivity index (χ3v) is 1.49. The molecule has 0 aliphatic carbocycles. The molecule has 0 amide bonds. The highest BCUT2D eigenvalue weighted by atomic mass is 19.3. The van der Waals surface area contributed by atoms with Crippen LogP contribution in [0.2, 0.25) is 0 Å². The van der Waals surface area contributed by atoms with Gasteiger partial charge in [-0.25, -0.2) is 8.78 Å². The summed E-state index contributed by atoms with van der Waals surface area (Å²) in [6, 6.07) is -0.978. The normalized spacial score (nSPS) is 23.3. The second kappa shape index (κ2) is 2.94. The first kappa shape index (κ1) is 8.10. The van der Waals surface area contributed by atoms with Crippen molar-refractivity contribution in [2.45, 2.75) is 25.8 Å². The van der Waals surface area contributed by atoms with Crippen LogP contribution in [0.1, 0.15) is 13.3 Å². The van der Waals surface area contributed by atoms with Crippen LogP contribution in [0.3, 0.4) is 0 Å². The van der Waals surface area contributed by atoms with Crippen molar-refractivity contribution < 1.29 is 13.6 Å². The Morgan fingerprint density at radius 1 is 1.82 bits per heavy atom. The van der Waals surface area contributed by atoms with Gasteiger partial charge in [0.25, 0.3) is 6.43 Å². The number of ketones is 1. The Kier molecular flexibility index (Phi) is 2.16. The molecule has 1 atom stereocenters. The third kappa shape index (κ3) is 1.72. The Labute approximate surface area is 62.5 Å². The van der Waals surface area contributed by atoms with Gasteiger partial charge in [0.1, 0.15) is 11.8 Å². The standard InChI is InChI=1S/C6H8F2N2O/c1-3(11)4-2-5(6(7)8)10-9-4/h5-6,10H,2H2,1H3/t5-/m0/s1. The van der Waals surface area contributed by atoms with Crippen LogP contribution in [-0.4, -0.2) is 24.0 Å². The minimum atomic E-state index is -2.46. The van der Waals surface area contributed by atoms with Crippen LogP contribution in [0.25, 0.3) is 0 Å². The molecule has 0 saturated carbocycles. The maximum absolute atomic E-state index is 11.9. The summed E-state index contributed by atoms with van der Waals surface area (Å²) in [5.74, 6) is -0.249. The van der Waals surface area contributed by atoms with Crippen molar-refractivity contribution in [3.63, 3.8) is 0 Å². The van der Waals surface area contributed by atoms with Gasteiger partial charge in [-0.1, -0.05) is 0 Å². The SMILES string of the molecule is CC(=O)C1=NN[C@H](C(F)F)C1. The maximum Gasteiger partial charge on any atom is 0.260 e. The van der Waals surface area contributed by atoms with E-state index in [9.17, 15) is 13.6 Å². The molecular formula is C6H8F2N2O. The van der Waals surface area contributed by atoms with Crippen molar-refractivity contribution in [1.29, 1.82) is 0 Å². The van der Waals surface area contributed by atoms with Crippen molar-refractivity contribution in [3.05, 3.63) is 0 Å². The number of carbonyl (C=O) groups is 1. The lowest BCUT2D eigenvalue weighted by Crippen LogP contribution is -2.28. The maximum atomic E-state index is 11.9. The molecule has 3 nitrogen and oxygen atoms in total. The van der Waals surface area contributed by atoms with Gasteiger partial charge < -0.3 is 5.43 Å². The zero-order valence-corrected chi connectivity index (χ0v) is 5.97. The van der Waals surface area contributed by atoms with E-state index >= 15 is 0 Å². The second-order valence-electron chi connectivity index (χ2n) is 2.39. The van der Waals surface area contributed by atoms with Crippen LogP contribution in [-0.2, 0) is 4.79 Å². The molecule has 1 N–H and O–H groups in total. The van der Waals surface area contributed by atoms with Crippen molar-refractivity contribution in [2.24, 2.45) is 5.10 Å². The number of nitrogens with zero attached hydrogens (tertiary/aromatic N) is 1. The summed E-state index contributed by atoms with van der Waals surface area (Å²) < 4.78 is 23.9. The number of nitrogens with one attached hydrogen (secondary N) is 1. The van der Waals surface area contributed by atoms with E-state index in [1.807, 2.05) is 0 Å². The second-order valence-corrected chi connectivity index (χ2v) is 2.39. The van der Waals surface area contributed by atoms with Gasteiger partial charge in [0.05, 0.1) is 0 Å². The molecule has 0 aromatic heterocycles. The highest BCUT2D eigenvalue weighted by Crippen LogP contribution is 2.11. The van der Waals surface area contributed by atoms with Crippen LogP contribution < -0.4 is 5.43 Å². The smallest absolute Gasteiger partial charge is 0.260 e. The molecule has 0 aromatic carbocycles. The molecule has 1 heterocycles. The lowest BCUT2D eigenvalue weighted by Gasteiger charge is -2.05. The lowest BCUT2D eigenvalue weighted by atomic mass is 10.1. The molecule has 1 rings (SSSR count). The summed E-state index contributed by atoms with van der Waals surface area (Å²) in [6.45, 7) is 1.31. The van der Waals surface area contributed by atoms with E-state index in [0.29, 0.717) is 0 Å². The van der Waals surface area contributed by atoms with E-state index in [1.54, 1.807) is 0 Å². The van der Waals surface area contributed by atoms with Crippen molar-refractivity contribution in [3.8, 4) is 0 Å². The summed E-state index contributed by atoms with van der Waals surface area (Å²) in [4.78, 5) is 10.6. The Hall–Kier alpha value is -1.00. The molecule has 0 spiro atoms. The van der Waals surface area contributed by atoms with Crippen LogP contribution in [0.4, 0.5) is 8.78 Å². The topological polar surface area (TPSA) is 41.5 Å². The van der Waals surface area contributed by atoms with Gasteiger partial charge in [-0.3, -0.25) is 4.79 Å². The fourth-order valence-electron chi connectivity index (χ4n) is 0.828. The molecule has 0 fully saturated rings. The molecule has 62 valence electrons. The number of rotatable bonds is 2. The zero-order chi connectivity index (χ0) is 8.43. The van der Waals surface area contributed by atoms with Gasteiger partial charge in [-0.2, -0.15) is 5.10 Å².